The van der Waals surface area contributed by atoms with Gasteiger partial charge in [0.15, 0.2) is 5.69 Å². The van der Waals surface area contributed by atoms with Crippen LogP contribution in [0.3, 0.4) is 0 Å². The Morgan fingerprint density at radius 3 is 2.31 bits per heavy atom. The van der Waals surface area contributed by atoms with E-state index in [-0.39, 0.29) is 12.5 Å². The van der Waals surface area contributed by atoms with Crippen LogP contribution < -0.4 is 10.5 Å². The van der Waals surface area contributed by atoms with Gasteiger partial charge in [0.2, 0.25) is 5.95 Å². The molecule has 0 aromatic carbocycles. The zero-order valence-electron chi connectivity index (χ0n) is 14.6. The van der Waals surface area contributed by atoms with Crippen LogP contribution in [0.2, 0.25) is 0 Å². The first-order valence-electron chi connectivity index (χ1n) is 8.45. The second-order valence-corrected chi connectivity index (χ2v) is 6.62. The second-order valence-electron chi connectivity index (χ2n) is 6.62. The van der Waals surface area contributed by atoms with Gasteiger partial charge in [-0.3, -0.25) is 4.79 Å². The Morgan fingerprint density at radius 2 is 1.73 bits per heavy atom. The molecular weight excluding hydrogens is 347 g/mol. The van der Waals surface area contributed by atoms with Gasteiger partial charge in [-0.05, 0) is 44.7 Å². The normalized spacial score (nSPS) is 16.1. The van der Waals surface area contributed by atoms with Crippen LogP contribution in [0.1, 0.15) is 29.9 Å². The largest absolute Gasteiger partial charge is 0.435 e. The number of piperidine rings is 1. The lowest BCUT2D eigenvalue weighted by atomic mass is 9.97. The molecule has 140 valence electrons. The van der Waals surface area contributed by atoms with Gasteiger partial charge in [-0.15, -0.1) is 0 Å². The molecule has 0 amide bonds. The summed E-state index contributed by atoms with van der Waals surface area (Å²) in [5, 5.41) is 3.48. The highest BCUT2D eigenvalue weighted by molar-refractivity contribution is 5.32. The van der Waals surface area contributed by atoms with Crippen molar-refractivity contribution in [1.82, 2.24) is 19.7 Å². The molecule has 0 bridgehead atoms. The van der Waals surface area contributed by atoms with Crippen LogP contribution in [0.25, 0.3) is 0 Å². The molecule has 1 aliphatic rings. The van der Waals surface area contributed by atoms with E-state index in [1.807, 2.05) is 19.9 Å². The van der Waals surface area contributed by atoms with E-state index in [9.17, 15) is 18.0 Å². The number of aromatic nitrogens is 4. The molecule has 0 saturated carbocycles. The Balaban J connectivity index is 1.67. The van der Waals surface area contributed by atoms with Crippen molar-refractivity contribution in [2.24, 2.45) is 5.92 Å². The van der Waals surface area contributed by atoms with Crippen molar-refractivity contribution >= 4 is 5.95 Å². The summed E-state index contributed by atoms with van der Waals surface area (Å²) in [5.74, 6) is 0.765. The minimum Gasteiger partial charge on any atom is -0.341 e. The molecule has 1 fully saturated rings. The summed E-state index contributed by atoms with van der Waals surface area (Å²) in [6.07, 6.45) is -3.08. The highest BCUT2D eigenvalue weighted by atomic mass is 19.4. The third kappa shape index (κ3) is 4.20. The van der Waals surface area contributed by atoms with Gasteiger partial charge in [0.05, 0.1) is 0 Å². The molecule has 0 N–H and O–H groups in total. The van der Waals surface area contributed by atoms with Crippen molar-refractivity contribution in [2.75, 3.05) is 18.0 Å². The second kappa shape index (κ2) is 7.05. The van der Waals surface area contributed by atoms with Crippen molar-refractivity contribution in [1.29, 1.82) is 0 Å². The van der Waals surface area contributed by atoms with Gasteiger partial charge >= 0.3 is 6.18 Å². The summed E-state index contributed by atoms with van der Waals surface area (Å²) in [7, 11) is 0. The molecule has 2 aromatic heterocycles. The lowest BCUT2D eigenvalue weighted by molar-refractivity contribution is -0.142. The van der Waals surface area contributed by atoms with E-state index in [2.05, 4.69) is 20.0 Å². The topological polar surface area (TPSA) is 63.9 Å². The highest BCUT2D eigenvalue weighted by Crippen LogP contribution is 2.27. The van der Waals surface area contributed by atoms with Gasteiger partial charge < -0.3 is 4.90 Å². The molecule has 0 unspecified atom stereocenters. The summed E-state index contributed by atoms with van der Waals surface area (Å²) in [6, 6.07) is 3.55. The molecule has 6 nitrogen and oxygen atoms in total. The van der Waals surface area contributed by atoms with Crippen molar-refractivity contribution in [3.63, 3.8) is 0 Å². The van der Waals surface area contributed by atoms with Crippen LogP contribution in [0.15, 0.2) is 23.0 Å². The van der Waals surface area contributed by atoms with E-state index >= 15 is 0 Å². The standard InChI is InChI=1S/C17H20F3N5O/c1-11-9-12(2)22-16(21-11)24-7-5-13(6-8-24)10-25-15(26)4-3-14(23-25)17(18,19)20/h3-4,9,13H,5-8,10H2,1-2H3. The third-order valence-electron chi connectivity index (χ3n) is 4.46. The van der Waals surface area contributed by atoms with E-state index in [1.54, 1.807) is 0 Å². The number of anilines is 1. The number of hydrogen-bond donors (Lipinski definition) is 0. The maximum Gasteiger partial charge on any atom is 0.435 e. The SMILES string of the molecule is Cc1cc(C)nc(N2CCC(Cn3nc(C(F)(F)F)ccc3=O)CC2)n1. The Labute approximate surface area is 148 Å². The van der Waals surface area contributed by atoms with Crippen molar-refractivity contribution in [3.8, 4) is 0 Å². The molecule has 0 aliphatic carbocycles. The zero-order valence-corrected chi connectivity index (χ0v) is 14.6. The summed E-state index contributed by atoms with van der Waals surface area (Å²) >= 11 is 0. The number of halogens is 3. The highest BCUT2D eigenvalue weighted by Gasteiger charge is 2.33. The molecule has 3 rings (SSSR count). The predicted octanol–water partition coefficient (Wildman–Crippen LogP) is 2.59. The van der Waals surface area contributed by atoms with Gasteiger partial charge in [0.1, 0.15) is 0 Å². The summed E-state index contributed by atoms with van der Waals surface area (Å²) in [5.41, 5.74) is 0.236. The fourth-order valence-electron chi connectivity index (χ4n) is 3.14. The van der Waals surface area contributed by atoms with Gasteiger partial charge in [-0.1, -0.05) is 0 Å². The number of alkyl halides is 3. The van der Waals surface area contributed by atoms with Crippen LogP contribution in [0.5, 0.6) is 0 Å². The molecule has 1 saturated heterocycles. The van der Waals surface area contributed by atoms with Crippen molar-refractivity contribution < 1.29 is 13.2 Å². The van der Waals surface area contributed by atoms with Crippen LogP contribution in [-0.4, -0.2) is 32.8 Å². The molecule has 2 aromatic rings. The molecular formula is C17H20F3N5O. The first-order chi connectivity index (χ1) is 12.2. The average Bonchev–Trinajstić information content (AvgIpc) is 2.55. The minimum atomic E-state index is -4.56. The van der Waals surface area contributed by atoms with E-state index in [4.69, 9.17) is 0 Å². The Bertz CT molecular complexity index is 821. The number of hydrogen-bond acceptors (Lipinski definition) is 5. The van der Waals surface area contributed by atoms with E-state index in [0.29, 0.717) is 19.0 Å². The average molecular weight is 367 g/mol. The first-order valence-corrected chi connectivity index (χ1v) is 8.45. The maximum absolute atomic E-state index is 12.8. The fraction of sp³-hybridized carbons (Fsp3) is 0.529. The lowest BCUT2D eigenvalue weighted by Gasteiger charge is -2.32. The summed E-state index contributed by atoms with van der Waals surface area (Å²) in [4.78, 5) is 22.8. The number of rotatable bonds is 3. The molecule has 3 heterocycles. The maximum atomic E-state index is 12.8. The molecule has 0 atom stereocenters. The molecule has 26 heavy (non-hydrogen) atoms. The molecule has 9 heteroatoms. The van der Waals surface area contributed by atoms with Crippen LogP contribution in [-0.2, 0) is 12.7 Å². The monoisotopic (exact) mass is 367 g/mol. The van der Waals surface area contributed by atoms with E-state index in [0.717, 1.165) is 41.0 Å². The Morgan fingerprint density at radius 1 is 1.12 bits per heavy atom. The van der Waals surface area contributed by atoms with Gasteiger partial charge in [-0.25, -0.2) is 14.6 Å². The quantitative estimate of drug-likeness (QED) is 0.834. The predicted molar refractivity (Wildman–Crippen MR) is 89.9 cm³/mol. The fourth-order valence-corrected chi connectivity index (χ4v) is 3.14. The van der Waals surface area contributed by atoms with Gasteiger partial charge in [-0.2, -0.15) is 18.3 Å². The van der Waals surface area contributed by atoms with E-state index in [1.165, 1.54) is 0 Å². The zero-order chi connectivity index (χ0) is 18.9. The molecule has 1 aliphatic heterocycles. The number of aryl methyl sites for hydroxylation is 2. The van der Waals surface area contributed by atoms with Crippen molar-refractivity contribution in [2.45, 2.75) is 39.4 Å². The lowest BCUT2D eigenvalue weighted by Crippen LogP contribution is -2.38. The van der Waals surface area contributed by atoms with Gasteiger partial charge in [0.25, 0.3) is 5.56 Å². The third-order valence-corrected chi connectivity index (χ3v) is 4.46. The molecule has 0 spiro atoms. The van der Waals surface area contributed by atoms with Crippen LogP contribution in [0.4, 0.5) is 19.1 Å². The molecule has 0 radical (unpaired) electrons. The first kappa shape index (κ1) is 18.3. The van der Waals surface area contributed by atoms with E-state index < -0.39 is 17.4 Å². The summed E-state index contributed by atoms with van der Waals surface area (Å²) in [6.45, 7) is 5.40. The number of nitrogens with zero attached hydrogens (tertiary/aromatic N) is 5. The van der Waals surface area contributed by atoms with Gasteiger partial charge in [0, 0.05) is 37.1 Å². The summed E-state index contributed by atoms with van der Waals surface area (Å²) < 4.78 is 39.3. The minimum absolute atomic E-state index is 0.0887. The smallest absolute Gasteiger partial charge is 0.341 e. The van der Waals surface area contributed by atoms with Crippen molar-refractivity contribution in [3.05, 3.63) is 45.6 Å². The Kier molecular flexibility index (Phi) is 4.97. The Hall–Kier alpha value is -2.45. The van der Waals surface area contributed by atoms with Crippen LogP contribution >= 0.6 is 0 Å². The van der Waals surface area contributed by atoms with Crippen LogP contribution in [0, 0.1) is 19.8 Å².